The highest BCUT2D eigenvalue weighted by molar-refractivity contribution is 6.31. The van der Waals surface area contributed by atoms with E-state index >= 15 is 0 Å². The third kappa shape index (κ3) is 2.37. The lowest BCUT2D eigenvalue weighted by molar-refractivity contribution is 0.145. The molecule has 0 unspecified atom stereocenters. The van der Waals surface area contributed by atoms with Crippen LogP contribution in [-0.2, 0) is 6.54 Å². The van der Waals surface area contributed by atoms with Crippen molar-refractivity contribution in [3.8, 4) is 0 Å². The fourth-order valence-corrected chi connectivity index (χ4v) is 2.11. The molecule has 1 fully saturated rings. The summed E-state index contributed by atoms with van der Waals surface area (Å²) in [6, 6.07) is 5.56. The standard InChI is InChI=1S/C12H16ClFN2/c1-2-16(10-6-15-7-10)8-9-4-3-5-11(14)12(9)13/h3-5,10,15H,2,6-8H2,1H3. The van der Waals surface area contributed by atoms with Gasteiger partial charge in [0, 0.05) is 25.7 Å². The van der Waals surface area contributed by atoms with Crippen molar-refractivity contribution in [3.63, 3.8) is 0 Å². The molecule has 4 heteroatoms. The van der Waals surface area contributed by atoms with Gasteiger partial charge in [0.05, 0.1) is 5.02 Å². The van der Waals surface area contributed by atoms with E-state index in [-0.39, 0.29) is 10.8 Å². The highest BCUT2D eigenvalue weighted by Crippen LogP contribution is 2.22. The summed E-state index contributed by atoms with van der Waals surface area (Å²) in [6.07, 6.45) is 0. The second-order valence-electron chi connectivity index (χ2n) is 4.09. The zero-order chi connectivity index (χ0) is 11.5. The summed E-state index contributed by atoms with van der Waals surface area (Å²) in [5, 5.41) is 3.50. The number of benzene rings is 1. The predicted molar refractivity (Wildman–Crippen MR) is 64.2 cm³/mol. The Balaban J connectivity index is 2.09. The smallest absolute Gasteiger partial charge is 0.142 e. The maximum absolute atomic E-state index is 13.3. The van der Waals surface area contributed by atoms with E-state index in [9.17, 15) is 4.39 Å². The Labute approximate surface area is 100 Å². The number of hydrogen-bond acceptors (Lipinski definition) is 2. The van der Waals surface area contributed by atoms with Crippen molar-refractivity contribution in [1.29, 1.82) is 0 Å². The Morgan fingerprint density at radius 3 is 2.81 bits per heavy atom. The van der Waals surface area contributed by atoms with Crippen LogP contribution >= 0.6 is 11.6 Å². The molecule has 16 heavy (non-hydrogen) atoms. The van der Waals surface area contributed by atoms with Crippen LogP contribution in [0.15, 0.2) is 18.2 Å². The van der Waals surface area contributed by atoms with Crippen molar-refractivity contribution < 1.29 is 4.39 Å². The molecule has 0 spiro atoms. The first-order chi connectivity index (χ1) is 7.72. The second kappa shape index (κ2) is 5.13. The maximum atomic E-state index is 13.3. The molecule has 0 bridgehead atoms. The SMILES string of the molecule is CCN(Cc1cccc(F)c1Cl)C1CNC1. The number of halogens is 2. The van der Waals surface area contributed by atoms with E-state index in [2.05, 4.69) is 17.1 Å². The summed E-state index contributed by atoms with van der Waals surface area (Å²) in [5.41, 5.74) is 0.871. The molecule has 1 aliphatic heterocycles. The summed E-state index contributed by atoms with van der Waals surface area (Å²) in [5.74, 6) is -0.332. The minimum Gasteiger partial charge on any atom is -0.314 e. The molecule has 0 aliphatic carbocycles. The monoisotopic (exact) mass is 242 g/mol. The molecule has 1 N–H and O–H groups in total. The molecule has 0 amide bonds. The molecule has 2 nitrogen and oxygen atoms in total. The van der Waals surface area contributed by atoms with Crippen LogP contribution in [0.1, 0.15) is 12.5 Å². The lowest BCUT2D eigenvalue weighted by Crippen LogP contribution is -2.56. The predicted octanol–water partition coefficient (Wildman–Crippen LogP) is 2.27. The summed E-state index contributed by atoms with van der Waals surface area (Å²) in [6.45, 7) is 5.83. The maximum Gasteiger partial charge on any atom is 0.142 e. The van der Waals surface area contributed by atoms with Crippen LogP contribution in [0.5, 0.6) is 0 Å². The first-order valence-corrected chi connectivity index (χ1v) is 5.97. The van der Waals surface area contributed by atoms with E-state index in [1.165, 1.54) is 6.07 Å². The topological polar surface area (TPSA) is 15.3 Å². The van der Waals surface area contributed by atoms with Crippen LogP contribution in [-0.4, -0.2) is 30.6 Å². The summed E-state index contributed by atoms with van der Waals surface area (Å²) in [4.78, 5) is 2.32. The Hall–Kier alpha value is -0.640. The first-order valence-electron chi connectivity index (χ1n) is 5.60. The van der Waals surface area contributed by atoms with Crippen molar-refractivity contribution in [2.45, 2.75) is 19.5 Å². The molecule has 1 aromatic carbocycles. The van der Waals surface area contributed by atoms with Gasteiger partial charge in [0.25, 0.3) is 0 Å². The van der Waals surface area contributed by atoms with Gasteiger partial charge >= 0.3 is 0 Å². The molecule has 2 rings (SSSR count). The van der Waals surface area contributed by atoms with Crippen molar-refractivity contribution in [1.82, 2.24) is 10.2 Å². The number of rotatable bonds is 4. The van der Waals surface area contributed by atoms with Crippen molar-refractivity contribution >= 4 is 11.6 Å². The molecule has 1 saturated heterocycles. The molecule has 1 heterocycles. The van der Waals surface area contributed by atoms with E-state index in [1.54, 1.807) is 6.07 Å². The fourth-order valence-electron chi connectivity index (χ4n) is 1.92. The molecule has 0 radical (unpaired) electrons. The normalized spacial score (nSPS) is 16.5. The van der Waals surface area contributed by atoms with Gasteiger partial charge < -0.3 is 5.32 Å². The van der Waals surface area contributed by atoms with Crippen LogP contribution < -0.4 is 5.32 Å². The zero-order valence-electron chi connectivity index (χ0n) is 9.34. The van der Waals surface area contributed by atoms with Gasteiger partial charge in [-0.05, 0) is 18.2 Å². The molecule has 88 valence electrons. The molecule has 0 saturated carbocycles. The number of likely N-dealkylation sites (N-methyl/N-ethyl adjacent to an activating group) is 1. The average Bonchev–Trinajstić information content (AvgIpc) is 2.21. The van der Waals surface area contributed by atoms with Gasteiger partial charge in [0.2, 0.25) is 0 Å². The van der Waals surface area contributed by atoms with E-state index < -0.39 is 0 Å². The largest absolute Gasteiger partial charge is 0.314 e. The fraction of sp³-hybridized carbons (Fsp3) is 0.500. The van der Waals surface area contributed by atoms with Gasteiger partial charge in [-0.1, -0.05) is 30.7 Å². The molecule has 1 aliphatic rings. The van der Waals surface area contributed by atoms with Gasteiger partial charge in [-0.3, -0.25) is 4.90 Å². The summed E-state index contributed by atoms with van der Waals surface area (Å²) >= 11 is 5.94. The highest BCUT2D eigenvalue weighted by Gasteiger charge is 2.23. The average molecular weight is 243 g/mol. The first kappa shape index (κ1) is 11.8. The Morgan fingerprint density at radius 2 is 2.25 bits per heavy atom. The lowest BCUT2D eigenvalue weighted by Gasteiger charge is -2.37. The molecule has 0 aromatic heterocycles. The Kier molecular flexibility index (Phi) is 3.79. The van der Waals surface area contributed by atoms with Crippen molar-refractivity contribution in [3.05, 3.63) is 34.6 Å². The van der Waals surface area contributed by atoms with Gasteiger partial charge in [-0.25, -0.2) is 4.39 Å². The Morgan fingerprint density at radius 1 is 1.50 bits per heavy atom. The molecule has 1 aromatic rings. The van der Waals surface area contributed by atoms with Gasteiger partial charge in [-0.15, -0.1) is 0 Å². The summed E-state index contributed by atoms with van der Waals surface area (Å²) in [7, 11) is 0. The summed E-state index contributed by atoms with van der Waals surface area (Å²) < 4.78 is 13.3. The molecular weight excluding hydrogens is 227 g/mol. The highest BCUT2D eigenvalue weighted by atomic mass is 35.5. The molecular formula is C12H16ClFN2. The van der Waals surface area contributed by atoms with E-state index in [0.29, 0.717) is 6.04 Å². The van der Waals surface area contributed by atoms with E-state index in [1.807, 2.05) is 6.07 Å². The van der Waals surface area contributed by atoms with Crippen molar-refractivity contribution in [2.75, 3.05) is 19.6 Å². The second-order valence-corrected chi connectivity index (χ2v) is 4.47. The number of hydrogen-bond donors (Lipinski definition) is 1. The zero-order valence-corrected chi connectivity index (χ0v) is 10.1. The quantitative estimate of drug-likeness (QED) is 0.872. The van der Waals surface area contributed by atoms with Gasteiger partial charge in [0.1, 0.15) is 5.82 Å². The third-order valence-electron chi connectivity index (χ3n) is 3.09. The van der Waals surface area contributed by atoms with E-state index in [4.69, 9.17) is 11.6 Å². The van der Waals surface area contributed by atoms with Crippen LogP contribution in [0.4, 0.5) is 4.39 Å². The van der Waals surface area contributed by atoms with Gasteiger partial charge in [0.15, 0.2) is 0 Å². The van der Waals surface area contributed by atoms with Gasteiger partial charge in [-0.2, -0.15) is 0 Å². The molecule has 0 atom stereocenters. The minimum absolute atomic E-state index is 0.258. The third-order valence-corrected chi connectivity index (χ3v) is 3.51. The lowest BCUT2D eigenvalue weighted by atomic mass is 10.1. The number of nitrogens with one attached hydrogen (secondary N) is 1. The Bertz CT molecular complexity index is 366. The number of nitrogens with zero attached hydrogens (tertiary/aromatic N) is 1. The van der Waals surface area contributed by atoms with Crippen molar-refractivity contribution in [2.24, 2.45) is 0 Å². The van der Waals surface area contributed by atoms with Crippen LogP contribution in [0.25, 0.3) is 0 Å². The van der Waals surface area contributed by atoms with Crippen LogP contribution in [0.3, 0.4) is 0 Å². The van der Waals surface area contributed by atoms with Crippen LogP contribution in [0.2, 0.25) is 5.02 Å². The van der Waals surface area contributed by atoms with E-state index in [0.717, 1.165) is 31.7 Å². The minimum atomic E-state index is -0.332. The van der Waals surface area contributed by atoms with Crippen LogP contribution in [0, 0.1) is 5.82 Å².